The molecule has 2 aromatic rings. The zero-order chi connectivity index (χ0) is 23.3. The van der Waals surface area contributed by atoms with Crippen LogP contribution < -0.4 is 10.6 Å². The number of nitro benzene ring substituents is 1. The summed E-state index contributed by atoms with van der Waals surface area (Å²) in [5, 5.41) is 17.0. The van der Waals surface area contributed by atoms with E-state index in [1.54, 1.807) is 12.1 Å². The van der Waals surface area contributed by atoms with Gasteiger partial charge in [-0.05, 0) is 29.7 Å². The Balaban J connectivity index is 2.09. The molecule has 0 bridgehead atoms. The van der Waals surface area contributed by atoms with Gasteiger partial charge in [0.2, 0.25) is 5.91 Å². The number of hydrogen-bond acceptors (Lipinski definition) is 4. The number of halogens is 2. The predicted octanol–water partition coefficient (Wildman–Crippen LogP) is 4.75. The molecule has 1 unspecified atom stereocenters. The molecule has 2 aromatic carbocycles. The van der Waals surface area contributed by atoms with Gasteiger partial charge in [0, 0.05) is 29.1 Å². The van der Waals surface area contributed by atoms with Crippen LogP contribution in [0.2, 0.25) is 10.0 Å². The van der Waals surface area contributed by atoms with Gasteiger partial charge in [-0.3, -0.25) is 19.7 Å². The number of benzene rings is 2. The topological polar surface area (TPSA) is 101 Å². The fraction of sp³-hybridized carbons (Fsp3) is 0.364. The summed E-state index contributed by atoms with van der Waals surface area (Å²) in [5.74, 6) is -1.10. The van der Waals surface area contributed by atoms with E-state index in [2.05, 4.69) is 10.6 Å². The lowest BCUT2D eigenvalue weighted by atomic mass is 9.84. The number of hydrogen-bond donors (Lipinski definition) is 2. The molecule has 0 aromatic heterocycles. The Labute approximate surface area is 191 Å². The van der Waals surface area contributed by atoms with E-state index in [0.29, 0.717) is 11.6 Å². The average molecular weight is 466 g/mol. The van der Waals surface area contributed by atoms with Crippen molar-refractivity contribution in [3.63, 3.8) is 0 Å². The minimum atomic E-state index is -0.806. The summed E-state index contributed by atoms with van der Waals surface area (Å²) in [6.45, 7) is 7.97. The van der Waals surface area contributed by atoms with Gasteiger partial charge in [-0.2, -0.15) is 0 Å². The minimum Gasteiger partial charge on any atom is -0.353 e. The molecule has 0 aliphatic heterocycles. The largest absolute Gasteiger partial charge is 0.353 e. The van der Waals surface area contributed by atoms with E-state index in [1.165, 1.54) is 12.1 Å². The minimum absolute atomic E-state index is 0.0570. The van der Waals surface area contributed by atoms with Crippen molar-refractivity contribution in [2.24, 2.45) is 5.92 Å². The second-order valence-corrected chi connectivity index (χ2v) is 9.07. The number of amides is 2. The number of rotatable bonds is 8. The van der Waals surface area contributed by atoms with Crippen LogP contribution in [-0.2, 0) is 10.2 Å². The number of nitrogens with zero attached hydrogens (tertiary/aromatic N) is 1. The van der Waals surface area contributed by atoms with Crippen molar-refractivity contribution >= 4 is 40.7 Å². The SMILES string of the molecule is CC(C)C(NC(=O)c1ccc([N+](=O)[O-])cc1Cl)C(=O)NCC(C)(C)c1ccc(Cl)cc1. The van der Waals surface area contributed by atoms with E-state index in [-0.39, 0.29) is 33.5 Å². The number of carbonyl (C=O) groups is 2. The molecule has 2 N–H and O–H groups in total. The molecular formula is C22H25Cl2N3O4. The Morgan fingerprint density at radius 1 is 1.10 bits per heavy atom. The van der Waals surface area contributed by atoms with Crippen LogP contribution in [0.5, 0.6) is 0 Å². The number of carbonyl (C=O) groups excluding carboxylic acids is 2. The fourth-order valence-corrected chi connectivity index (χ4v) is 3.36. The molecule has 0 heterocycles. The molecule has 7 nitrogen and oxygen atoms in total. The fourth-order valence-electron chi connectivity index (χ4n) is 2.98. The Bertz CT molecular complexity index is 975. The van der Waals surface area contributed by atoms with E-state index in [1.807, 2.05) is 39.8 Å². The lowest BCUT2D eigenvalue weighted by molar-refractivity contribution is -0.384. The van der Waals surface area contributed by atoms with Gasteiger partial charge < -0.3 is 10.6 Å². The highest BCUT2D eigenvalue weighted by atomic mass is 35.5. The molecule has 0 fully saturated rings. The highest BCUT2D eigenvalue weighted by molar-refractivity contribution is 6.34. The molecule has 0 aliphatic carbocycles. The van der Waals surface area contributed by atoms with E-state index < -0.39 is 16.9 Å². The zero-order valence-corrected chi connectivity index (χ0v) is 19.3. The van der Waals surface area contributed by atoms with Crippen LogP contribution in [0.3, 0.4) is 0 Å². The summed E-state index contributed by atoms with van der Waals surface area (Å²) < 4.78 is 0. The molecule has 0 aliphatic rings. The first-order valence-electron chi connectivity index (χ1n) is 9.71. The highest BCUT2D eigenvalue weighted by Crippen LogP contribution is 2.25. The number of nitro groups is 1. The van der Waals surface area contributed by atoms with Crippen LogP contribution >= 0.6 is 23.2 Å². The average Bonchev–Trinajstić information content (AvgIpc) is 2.70. The lowest BCUT2D eigenvalue weighted by Gasteiger charge is -2.28. The second-order valence-electron chi connectivity index (χ2n) is 8.22. The normalized spacial score (nSPS) is 12.4. The molecule has 9 heteroatoms. The first kappa shape index (κ1) is 24.6. The summed E-state index contributed by atoms with van der Waals surface area (Å²) in [4.78, 5) is 35.8. The molecule has 0 saturated heterocycles. The predicted molar refractivity (Wildman–Crippen MR) is 122 cm³/mol. The smallest absolute Gasteiger partial charge is 0.270 e. The van der Waals surface area contributed by atoms with Crippen molar-refractivity contribution in [3.05, 3.63) is 73.8 Å². The summed E-state index contributed by atoms with van der Waals surface area (Å²) in [6.07, 6.45) is 0. The molecule has 2 rings (SSSR count). The highest BCUT2D eigenvalue weighted by Gasteiger charge is 2.28. The van der Waals surface area contributed by atoms with Crippen LogP contribution in [0.1, 0.15) is 43.6 Å². The maximum atomic E-state index is 12.8. The van der Waals surface area contributed by atoms with Crippen molar-refractivity contribution in [1.29, 1.82) is 0 Å². The van der Waals surface area contributed by atoms with Crippen LogP contribution in [0, 0.1) is 16.0 Å². The van der Waals surface area contributed by atoms with Crippen molar-refractivity contribution in [3.8, 4) is 0 Å². The number of nitrogens with one attached hydrogen (secondary N) is 2. The van der Waals surface area contributed by atoms with Crippen molar-refractivity contribution in [1.82, 2.24) is 10.6 Å². The molecule has 166 valence electrons. The molecule has 0 radical (unpaired) electrons. The lowest BCUT2D eigenvalue weighted by Crippen LogP contribution is -2.51. The van der Waals surface area contributed by atoms with Crippen LogP contribution in [-0.4, -0.2) is 29.3 Å². The van der Waals surface area contributed by atoms with Gasteiger partial charge in [0.05, 0.1) is 15.5 Å². The first-order valence-corrected chi connectivity index (χ1v) is 10.5. The molecule has 1 atom stereocenters. The Kier molecular flexibility index (Phi) is 8.03. The third-order valence-corrected chi connectivity index (χ3v) is 5.54. The van der Waals surface area contributed by atoms with Crippen molar-refractivity contribution in [2.45, 2.75) is 39.2 Å². The van der Waals surface area contributed by atoms with E-state index in [0.717, 1.165) is 11.6 Å². The standard InChI is InChI=1S/C22H25Cl2N3O4/c1-13(2)19(26-20(28)17-10-9-16(27(30)31)11-18(17)24)21(29)25-12-22(3,4)14-5-7-15(23)8-6-14/h5-11,13,19H,12H2,1-4H3,(H,25,29)(H,26,28). The first-order chi connectivity index (χ1) is 14.4. The molecule has 2 amide bonds. The van der Waals surface area contributed by atoms with Gasteiger partial charge in [-0.25, -0.2) is 0 Å². The molecule has 0 saturated carbocycles. The van der Waals surface area contributed by atoms with Crippen molar-refractivity contribution in [2.75, 3.05) is 6.54 Å². The Morgan fingerprint density at radius 3 is 2.23 bits per heavy atom. The van der Waals surface area contributed by atoms with Gasteiger partial charge in [0.1, 0.15) is 6.04 Å². The molecular weight excluding hydrogens is 441 g/mol. The summed E-state index contributed by atoms with van der Waals surface area (Å²) in [5.41, 5.74) is 0.504. The van der Waals surface area contributed by atoms with Crippen molar-refractivity contribution < 1.29 is 14.5 Å². The van der Waals surface area contributed by atoms with E-state index in [4.69, 9.17) is 23.2 Å². The Hall–Kier alpha value is -2.64. The summed E-state index contributed by atoms with van der Waals surface area (Å²) in [6, 6.07) is 10.2. The summed E-state index contributed by atoms with van der Waals surface area (Å²) >= 11 is 12.0. The third-order valence-electron chi connectivity index (χ3n) is 4.97. The van der Waals surface area contributed by atoms with Crippen LogP contribution in [0.4, 0.5) is 5.69 Å². The van der Waals surface area contributed by atoms with Crippen LogP contribution in [0.15, 0.2) is 42.5 Å². The van der Waals surface area contributed by atoms with Gasteiger partial charge in [-0.15, -0.1) is 0 Å². The van der Waals surface area contributed by atoms with Gasteiger partial charge >= 0.3 is 0 Å². The van der Waals surface area contributed by atoms with E-state index in [9.17, 15) is 19.7 Å². The quantitative estimate of drug-likeness (QED) is 0.433. The third kappa shape index (κ3) is 6.42. The maximum absolute atomic E-state index is 12.8. The number of non-ortho nitro benzene ring substituents is 1. The second kappa shape index (κ2) is 10.1. The zero-order valence-electron chi connectivity index (χ0n) is 17.7. The van der Waals surface area contributed by atoms with Crippen LogP contribution in [0.25, 0.3) is 0 Å². The van der Waals surface area contributed by atoms with E-state index >= 15 is 0 Å². The molecule has 0 spiro atoms. The van der Waals surface area contributed by atoms with Gasteiger partial charge in [0.15, 0.2) is 0 Å². The van der Waals surface area contributed by atoms with Gasteiger partial charge in [0.25, 0.3) is 11.6 Å². The van der Waals surface area contributed by atoms with Gasteiger partial charge in [-0.1, -0.05) is 63.0 Å². The molecule has 31 heavy (non-hydrogen) atoms. The maximum Gasteiger partial charge on any atom is 0.270 e. The Morgan fingerprint density at radius 2 is 1.71 bits per heavy atom. The summed E-state index contributed by atoms with van der Waals surface area (Å²) in [7, 11) is 0. The monoisotopic (exact) mass is 465 g/mol.